The summed E-state index contributed by atoms with van der Waals surface area (Å²) in [6, 6.07) is 57.0. The van der Waals surface area contributed by atoms with Crippen LogP contribution in [0, 0.1) is 0 Å². The number of aromatic nitrogens is 1. The van der Waals surface area contributed by atoms with Gasteiger partial charge in [0.15, 0.2) is 7.14 Å². The quantitative estimate of drug-likeness (QED) is 0.142. The van der Waals surface area contributed by atoms with Gasteiger partial charge in [0.1, 0.15) is 11.2 Å². The summed E-state index contributed by atoms with van der Waals surface area (Å²) in [5.74, 6) is 0. The van der Waals surface area contributed by atoms with Gasteiger partial charge in [0.25, 0.3) is 0 Å². The molecule has 0 saturated carbocycles. The first-order valence-corrected chi connectivity index (χ1v) is 17.5. The fourth-order valence-corrected chi connectivity index (χ4v) is 9.59. The van der Waals surface area contributed by atoms with Gasteiger partial charge in [-0.25, -0.2) is 4.98 Å². The number of furan rings is 1. The molecule has 2 heterocycles. The first-order chi connectivity index (χ1) is 23.2. The van der Waals surface area contributed by atoms with Gasteiger partial charge < -0.3 is 8.98 Å². The van der Waals surface area contributed by atoms with Crippen molar-refractivity contribution in [2.24, 2.45) is 0 Å². The smallest absolute Gasteiger partial charge is 0.171 e. The second-order valence-electron chi connectivity index (χ2n) is 11.8. The van der Waals surface area contributed by atoms with Gasteiger partial charge in [-0.05, 0) is 23.8 Å². The monoisotopic (exact) mass is 621 g/mol. The third-order valence-corrected chi connectivity index (χ3v) is 12.2. The minimum absolute atomic E-state index is 0.800. The van der Waals surface area contributed by atoms with Crippen LogP contribution in [0.3, 0.4) is 0 Å². The third-order valence-electron chi connectivity index (χ3n) is 9.15. The Morgan fingerprint density at radius 1 is 0.447 bits per heavy atom. The summed E-state index contributed by atoms with van der Waals surface area (Å²) in [5.41, 5.74) is 6.67. The van der Waals surface area contributed by atoms with Crippen LogP contribution >= 0.6 is 7.14 Å². The van der Waals surface area contributed by atoms with E-state index in [2.05, 4.69) is 84.9 Å². The van der Waals surface area contributed by atoms with E-state index >= 15 is 0 Å². The summed E-state index contributed by atoms with van der Waals surface area (Å²) in [6.45, 7) is 0. The molecule has 0 aliphatic carbocycles. The Morgan fingerprint density at radius 3 is 1.74 bits per heavy atom. The Bertz CT molecular complexity index is 2590. The standard InChI is InChI=1S/C43H28NO2P/c45-47(31-15-6-2-7-16-31,32-17-8-3-9-18-32)33-25-23-29(24-26-33)34-20-12-21-37-41-39(46-43(34)37)28-27-36-40(41)35-19-10-11-22-38(35)44-42(36)30-13-4-1-5-14-30/h1-28H. The highest BCUT2D eigenvalue weighted by atomic mass is 31.2. The van der Waals surface area contributed by atoms with Crippen LogP contribution in [0.1, 0.15) is 0 Å². The van der Waals surface area contributed by atoms with Crippen molar-refractivity contribution in [1.82, 2.24) is 4.98 Å². The molecule has 0 radical (unpaired) electrons. The van der Waals surface area contributed by atoms with Crippen LogP contribution in [-0.4, -0.2) is 4.98 Å². The number of rotatable bonds is 5. The molecule has 0 aliphatic rings. The highest BCUT2D eigenvalue weighted by Crippen LogP contribution is 2.45. The topological polar surface area (TPSA) is 43.1 Å². The largest absolute Gasteiger partial charge is 0.455 e. The number of nitrogens with zero attached hydrogens (tertiary/aromatic N) is 1. The molecule has 0 bridgehead atoms. The summed E-state index contributed by atoms with van der Waals surface area (Å²) in [4.78, 5) is 5.13. The van der Waals surface area contributed by atoms with E-state index < -0.39 is 7.14 Å². The number of para-hydroxylation sites is 2. The molecule has 4 heteroatoms. The van der Waals surface area contributed by atoms with Gasteiger partial charge in [-0.15, -0.1) is 0 Å². The molecule has 222 valence electrons. The maximum absolute atomic E-state index is 14.9. The molecular weight excluding hydrogens is 593 g/mol. The molecule has 7 aromatic carbocycles. The molecule has 0 amide bonds. The molecule has 3 nitrogen and oxygen atoms in total. The molecule has 0 unspecified atom stereocenters. The van der Waals surface area contributed by atoms with Crippen LogP contribution in [0.5, 0.6) is 0 Å². The van der Waals surface area contributed by atoms with Crippen molar-refractivity contribution in [3.05, 3.63) is 170 Å². The Labute approximate surface area is 272 Å². The molecule has 0 aliphatic heterocycles. The Balaban J connectivity index is 1.25. The summed E-state index contributed by atoms with van der Waals surface area (Å²) >= 11 is 0. The maximum atomic E-state index is 14.9. The Kier molecular flexibility index (Phi) is 6.41. The maximum Gasteiger partial charge on any atom is 0.171 e. The molecule has 0 fully saturated rings. The van der Waals surface area contributed by atoms with Crippen molar-refractivity contribution in [3.63, 3.8) is 0 Å². The number of hydrogen-bond donors (Lipinski definition) is 0. The van der Waals surface area contributed by atoms with E-state index in [-0.39, 0.29) is 0 Å². The van der Waals surface area contributed by atoms with E-state index in [1.54, 1.807) is 0 Å². The van der Waals surface area contributed by atoms with Crippen molar-refractivity contribution in [2.45, 2.75) is 0 Å². The summed E-state index contributed by atoms with van der Waals surface area (Å²) < 4.78 is 21.6. The van der Waals surface area contributed by atoms with Crippen LogP contribution < -0.4 is 15.9 Å². The van der Waals surface area contributed by atoms with Crippen LogP contribution in [0.15, 0.2) is 174 Å². The molecule has 0 saturated heterocycles. The van der Waals surface area contributed by atoms with Gasteiger partial charge in [0.2, 0.25) is 0 Å². The number of fused-ring (bicyclic) bond motifs is 7. The van der Waals surface area contributed by atoms with E-state index in [1.807, 2.05) is 84.9 Å². The van der Waals surface area contributed by atoms with Gasteiger partial charge in [-0.1, -0.05) is 152 Å². The average Bonchev–Trinajstić information content (AvgIpc) is 3.54. The number of benzene rings is 7. The minimum Gasteiger partial charge on any atom is -0.455 e. The fraction of sp³-hybridized carbons (Fsp3) is 0. The SMILES string of the molecule is O=P(c1ccccc1)(c1ccccc1)c1ccc(-c2cccc3c2oc2ccc4c(-c5ccccc5)nc5ccccc5c4c23)cc1. The van der Waals surface area contributed by atoms with Gasteiger partial charge in [0.05, 0.1) is 11.2 Å². The van der Waals surface area contributed by atoms with E-state index in [4.69, 9.17) is 9.40 Å². The lowest BCUT2D eigenvalue weighted by molar-refractivity contribution is 0.592. The Morgan fingerprint density at radius 2 is 1.04 bits per heavy atom. The van der Waals surface area contributed by atoms with Crippen LogP contribution in [0.2, 0.25) is 0 Å². The zero-order chi connectivity index (χ0) is 31.4. The summed E-state index contributed by atoms with van der Waals surface area (Å²) in [6.07, 6.45) is 0. The van der Waals surface area contributed by atoms with E-state index in [1.165, 1.54) is 0 Å². The highest BCUT2D eigenvalue weighted by molar-refractivity contribution is 7.85. The molecule has 9 aromatic rings. The van der Waals surface area contributed by atoms with Crippen molar-refractivity contribution in [2.75, 3.05) is 0 Å². The molecular formula is C43H28NO2P. The summed E-state index contributed by atoms with van der Waals surface area (Å²) in [7, 11) is -3.07. The van der Waals surface area contributed by atoms with Crippen LogP contribution in [0.4, 0.5) is 0 Å². The lowest BCUT2D eigenvalue weighted by Gasteiger charge is -2.20. The van der Waals surface area contributed by atoms with Crippen molar-refractivity contribution >= 4 is 66.7 Å². The van der Waals surface area contributed by atoms with Crippen LogP contribution in [0.25, 0.3) is 66.0 Å². The Hall–Kier alpha value is -5.76. The normalized spacial score (nSPS) is 11.9. The predicted molar refractivity (Wildman–Crippen MR) is 197 cm³/mol. The number of pyridine rings is 1. The number of hydrogen-bond acceptors (Lipinski definition) is 3. The van der Waals surface area contributed by atoms with E-state index in [9.17, 15) is 4.57 Å². The summed E-state index contributed by atoms with van der Waals surface area (Å²) in [5, 5.41) is 7.92. The molecule has 0 spiro atoms. The molecule has 9 rings (SSSR count). The van der Waals surface area contributed by atoms with E-state index in [0.717, 1.165) is 81.9 Å². The lowest BCUT2D eigenvalue weighted by atomic mass is 9.95. The van der Waals surface area contributed by atoms with Crippen molar-refractivity contribution < 1.29 is 8.98 Å². The first kappa shape index (κ1) is 27.5. The second-order valence-corrected chi connectivity index (χ2v) is 14.6. The van der Waals surface area contributed by atoms with Crippen molar-refractivity contribution in [3.8, 4) is 22.4 Å². The van der Waals surface area contributed by atoms with Gasteiger partial charge in [-0.3, -0.25) is 0 Å². The average molecular weight is 622 g/mol. The molecule has 0 N–H and O–H groups in total. The van der Waals surface area contributed by atoms with Gasteiger partial charge in [-0.2, -0.15) is 0 Å². The van der Waals surface area contributed by atoms with E-state index in [0.29, 0.717) is 0 Å². The lowest BCUT2D eigenvalue weighted by Crippen LogP contribution is -2.24. The predicted octanol–water partition coefficient (Wildman–Crippen LogP) is 10.3. The minimum atomic E-state index is -3.07. The highest BCUT2D eigenvalue weighted by Gasteiger charge is 2.29. The zero-order valence-corrected chi connectivity index (χ0v) is 26.3. The molecule has 47 heavy (non-hydrogen) atoms. The third kappa shape index (κ3) is 4.35. The second kappa shape index (κ2) is 10.9. The van der Waals surface area contributed by atoms with Gasteiger partial charge >= 0.3 is 0 Å². The van der Waals surface area contributed by atoms with Crippen molar-refractivity contribution in [1.29, 1.82) is 0 Å². The van der Waals surface area contributed by atoms with Gasteiger partial charge in [0, 0.05) is 54.0 Å². The first-order valence-electron chi connectivity index (χ1n) is 15.7. The molecule has 2 aromatic heterocycles. The molecule has 0 atom stereocenters. The van der Waals surface area contributed by atoms with Crippen LogP contribution in [-0.2, 0) is 4.57 Å². The fourth-order valence-electron chi connectivity index (χ4n) is 6.95. The zero-order valence-electron chi connectivity index (χ0n) is 25.4.